The Morgan fingerprint density at radius 2 is 2.00 bits per heavy atom. The normalized spacial score (nSPS) is 11.5. The van der Waals surface area contributed by atoms with Crippen LogP contribution < -0.4 is 10.1 Å². The maximum atomic E-state index is 8.41. The summed E-state index contributed by atoms with van der Waals surface area (Å²) in [6.45, 7) is 1.94. The zero-order valence-corrected chi connectivity index (χ0v) is 7.74. The van der Waals surface area contributed by atoms with E-state index in [1.807, 2.05) is 37.4 Å². The molecule has 1 N–H and O–H groups in total. The van der Waals surface area contributed by atoms with E-state index in [9.17, 15) is 0 Å². The van der Waals surface area contributed by atoms with Crippen molar-refractivity contribution in [1.82, 2.24) is 5.32 Å². The van der Waals surface area contributed by atoms with Crippen LogP contribution in [0.5, 0.6) is 5.75 Å². The topological polar surface area (TPSA) is 45.0 Å². The van der Waals surface area contributed by atoms with Crippen molar-refractivity contribution in [3.8, 4) is 11.9 Å². The molecule has 1 aromatic rings. The summed E-state index contributed by atoms with van der Waals surface area (Å²) < 4.78 is 5.02. The van der Waals surface area contributed by atoms with E-state index in [2.05, 4.69) is 5.32 Å². The Bertz CT molecular complexity index is 300. The molecule has 0 aliphatic carbocycles. The smallest absolute Gasteiger partial charge is 0.177 e. The number of nitrogens with one attached hydrogen (secondary N) is 1. The lowest BCUT2D eigenvalue weighted by Gasteiger charge is -2.09. The average Bonchev–Trinajstić information content (AvgIpc) is 2.18. The molecule has 0 aliphatic heterocycles. The molecule has 0 saturated carbocycles. The molecular weight excluding hydrogens is 164 g/mol. The predicted molar refractivity (Wildman–Crippen MR) is 50.2 cm³/mol. The first-order valence-electron chi connectivity index (χ1n) is 4.06. The number of hydrogen-bond donors (Lipinski definition) is 1. The van der Waals surface area contributed by atoms with Gasteiger partial charge in [0.25, 0.3) is 0 Å². The molecule has 3 heteroatoms. The second kappa shape index (κ2) is 4.36. The van der Waals surface area contributed by atoms with Crippen LogP contribution in [0.15, 0.2) is 24.3 Å². The highest BCUT2D eigenvalue weighted by Crippen LogP contribution is 2.16. The fraction of sp³-hybridized carbons (Fsp3) is 0.300. The summed E-state index contributed by atoms with van der Waals surface area (Å²) in [4.78, 5) is 0. The largest absolute Gasteiger partial charge is 0.497 e. The number of hydrogen-bond acceptors (Lipinski definition) is 3. The molecule has 0 fully saturated rings. The van der Waals surface area contributed by atoms with E-state index in [0.717, 1.165) is 11.3 Å². The molecular formula is C10H12N2O. The molecule has 0 saturated heterocycles. The molecule has 3 nitrogen and oxygen atoms in total. The molecule has 13 heavy (non-hydrogen) atoms. The number of rotatable bonds is 3. The zero-order valence-electron chi connectivity index (χ0n) is 7.74. The first-order valence-corrected chi connectivity index (χ1v) is 4.06. The van der Waals surface area contributed by atoms with Crippen LogP contribution >= 0.6 is 0 Å². The van der Waals surface area contributed by atoms with Gasteiger partial charge in [0, 0.05) is 0 Å². The van der Waals surface area contributed by atoms with Gasteiger partial charge < -0.3 is 10.1 Å². The van der Waals surface area contributed by atoms with E-state index in [-0.39, 0.29) is 6.04 Å². The molecule has 0 amide bonds. The van der Waals surface area contributed by atoms with Crippen molar-refractivity contribution in [2.24, 2.45) is 0 Å². The van der Waals surface area contributed by atoms with Crippen LogP contribution in [-0.4, -0.2) is 7.11 Å². The number of methoxy groups -OCH3 is 1. The van der Waals surface area contributed by atoms with Gasteiger partial charge in [0.05, 0.1) is 13.2 Å². The van der Waals surface area contributed by atoms with Gasteiger partial charge in [-0.25, -0.2) is 0 Å². The fourth-order valence-corrected chi connectivity index (χ4v) is 1.07. The van der Waals surface area contributed by atoms with Gasteiger partial charge in [0.1, 0.15) is 5.75 Å². The number of nitriles is 1. The molecule has 0 unspecified atom stereocenters. The van der Waals surface area contributed by atoms with E-state index < -0.39 is 0 Å². The van der Waals surface area contributed by atoms with Crippen LogP contribution in [0, 0.1) is 11.5 Å². The van der Waals surface area contributed by atoms with Crippen LogP contribution in [-0.2, 0) is 0 Å². The lowest BCUT2D eigenvalue weighted by atomic mass is 10.1. The Kier molecular flexibility index (Phi) is 3.15. The van der Waals surface area contributed by atoms with Crippen LogP contribution in [0.25, 0.3) is 0 Å². The quantitative estimate of drug-likeness (QED) is 0.564. The Balaban J connectivity index is 2.74. The van der Waals surface area contributed by atoms with Crippen LogP contribution in [0.4, 0.5) is 0 Å². The fourth-order valence-electron chi connectivity index (χ4n) is 1.07. The van der Waals surface area contributed by atoms with E-state index in [4.69, 9.17) is 10.00 Å². The van der Waals surface area contributed by atoms with Gasteiger partial charge in [-0.3, -0.25) is 0 Å². The third kappa shape index (κ3) is 2.38. The zero-order chi connectivity index (χ0) is 9.68. The Morgan fingerprint density at radius 1 is 1.38 bits per heavy atom. The highest BCUT2D eigenvalue weighted by molar-refractivity contribution is 5.28. The van der Waals surface area contributed by atoms with Gasteiger partial charge >= 0.3 is 0 Å². The van der Waals surface area contributed by atoms with E-state index >= 15 is 0 Å². The molecule has 0 aliphatic rings. The standard InChI is InChI=1S/C10H12N2O/c1-8(12-7-11)9-3-5-10(13-2)6-4-9/h3-6,8,12H,1-2H3/t8-/m1/s1. The van der Waals surface area contributed by atoms with Gasteiger partial charge in [-0.05, 0) is 24.6 Å². The van der Waals surface area contributed by atoms with Crippen molar-refractivity contribution < 1.29 is 4.74 Å². The van der Waals surface area contributed by atoms with Crippen molar-refractivity contribution in [3.05, 3.63) is 29.8 Å². The summed E-state index contributed by atoms with van der Waals surface area (Å²) in [5, 5.41) is 11.1. The molecule has 0 bridgehead atoms. The Labute approximate surface area is 77.9 Å². The Hall–Kier alpha value is -1.69. The highest BCUT2D eigenvalue weighted by atomic mass is 16.5. The van der Waals surface area contributed by atoms with Gasteiger partial charge in [-0.1, -0.05) is 12.1 Å². The number of ether oxygens (including phenoxy) is 1. The van der Waals surface area contributed by atoms with Crippen molar-refractivity contribution in [1.29, 1.82) is 5.26 Å². The first kappa shape index (κ1) is 9.40. The van der Waals surface area contributed by atoms with Gasteiger partial charge in [-0.15, -0.1) is 0 Å². The minimum absolute atomic E-state index is 0.0518. The summed E-state index contributed by atoms with van der Waals surface area (Å²) in [5.41, 5.74) is 1.07. The van der Waals surface area contributed by atoms with Crippen LogP contribution in [0.2, 0.25) is 0 Å². The molecule has 0 spiro atoms. The van der Waals surface area contributed by atoms with Crippen molar-refractivity contribution in [3.63, 3.8) is 0 Å². The summed E-state index contributed by atoms with van der Waals surface area (Å²) in [6.07, 6.45) is 1.91. The summed E-state index contributed by atoms with van der Waals surface area (Å²) in [5.74, 6) is 0.827. The second-order valence-electron chi connectivity index (χ2n) is 2.75. The maximum absolute atomic E-state index is 8.41. The SMILES string of the molecule is COc1ccc([C@@H](C)NC#N)cc1. The van der Waals surface area contributed by atoms with Gasteiger partial charge in [-0.2, -0.15) is 5.26 Å². The lowest BCUT2D eigenvalue weighted by Crippen LogP contribution is -2.11. The van der Waals surface area contributed by atoms with Crippen LogP contribution in [0.1, 0.15) is 18.5 Å². The number of nitrogens with zero attached hydrogens (tertiary/aromatic N) is 1. The van der Waals surface area contributed by atoms with Crippen molar-refractivity contribution >= 4 is 0 Å². The third-order valence-electron chi connectivity index (χ3n) is 1.90. The highest BCUT2D eigenvalue weighted by Gasteiger charge is 2.02. The van der Waals surface area contributed by atoms with E-state index in [1.165, 1.54) is 0 Å². The summed E-state index contributed by atoms with van der Waals surface area (Å²) >= 11 is 0. The number of benzene rings is 1. The van der Waals surface area contributed by atoms with E-state index in [0.29, 0.717) is 0 Å². The third-order valence-corrected chi connectivity index (χ3v) is 1.90. The second-order valence-corrected chi connectivity index (χ2v) is 2.75. The molecule has 68 valence electrons. The van der Waals surface area contributed by atoms with Crippen molar-refractivity contribution in [2.75, 3.05) is 7.11 Å². The Morgan fingerprint density at radius 3 is 2.46 bits per heavy atom. The summed E-state index contributed by atoms with van der Waals surface area (Å²) in [6, 6.07) is 7.69. The van der Waals surface area contributed by atoms with E-state index in [1.54, 1.807) is 7.11 Å². The molecule has 1 atom stereocenters. The van der Waals surface area contributed by atoms with Gasteiger partial charge in [0.2, 0.25) is 0 Å². The molecule has 1 rings (SSSR count). The van der Waals surface area contributed by atoms with Gasteiger partial charge in [0.15, 0.2) is 6.19 Å². The lowest BCUT2D eigenvalue weighted by molar-refractivity contribution is 0.414. The molecule has 1 aromatic carbocycles. The monoisotopic (exact) mass is 176 g/mol. The average molecular weight is 176 g/mol. The maximum Gasteiger partial charge on any atom is 0.177 e. The summed E-state index contributed by atoms with van der Waals surface area (Å²) in [7, 11) is 1.63. The minimum atomic E-state index is 0.0518. The minimum Gasteiger partial charge on any atom is -0.497 e. The molecule has 0 radical (unpaired) electrons. The molecule has 0 heterocycles. The predicted octanol–water partition coefficient (Wildman–Crippen LogP) is 1.83. The first-order chi connectivity index (χ1) is 6.27. The molecule has 0 aromatic heterocycles. The van der Waals surface area contributed by atoms with Crippen molar-refractivity contribution in [2.45, 2.75) is 13.0 Å². The van der Waals surface area contributed by atoms with Crippen LogP contribution in [0.3, 0.4) is 0 Å².